The Morgan fingerprint density at radius 2 is 2.22 bits per heavy atom. The van der Waals surface area contributed by atoms with E-state index in [0.29, 0.717) is 19.6 Å². The first kappa shape index (κ1) is 14.5. The number of carbonyl (C=O) groups excluding carboxylic acids is 1. The lowest BCUT2D eigenvalue weighted by Crippen LogP contribution is -2.24. The van der Waals surface area contributed by atoms with Crippen molar-refractivity contribution in [3.05, 3.63) is 29.3 Å². The minimum atomic E-state index is -0.479. The van der Waals surface area contributed by atoms with Gasteiger partial charge in [0, 0.05) is 6.54 Å². The number of benzene rings is 1. The zero-order chi connectivity index (χ0) is 13.5. The molecule has 4 nitrogen and oxygen atoms in total. The lowest BCUT2D eigenvalue weighted by Gasteiger charge is -2.11. The van der Waals surface area contributed by atoms with Gasteiger partial charge in [-0.05, 0) is 44.0 Å². The van der Waals surface area contributed by atoms with Gasteiger partial charge in [0.1, 0.15) is 5.75 Å². The van der Waals surface area contributed by atoms with Crippen molar-refractivity contribution in [3.63, 3.8) is 0 Å². The summed E-state index contributed by atoms with van der Waals surface area (Å²) in [4.78, 5) is 11.2. The highest BCUT2D eigenvalue weighted by atomic mass is 16.5. The molecule has 0 aliphatic rings. The van der Waals surface area contributed by atoms with Gasteiger partial charge in [-0.15, -0.1) is 0 Å². The molecule has 1 aromatic rings. The van der Waals surface area contributed by atoms with Gasteiger partial charge < -0.3 is 15.2 Å². The first-order chi connectivity index (χ1) is 8.54. The molecular weight excluding hydrogens is 230 g/mol. The number of hydrogen-bond donors (Lipinski definition) is 2. The van der Waals surface area contributed by atoms with Gasteiger partial charge in [0.2, 0.25) is 5.91 Å². The quantitative estimate of drug-likeness (QED) is 0.812. The summed E-state index contributed by atoms with van der Waals surface area (Å²) >= 11 is 0. The van der Waals surface area contributed by atoms with E-state index in [2.05, 4.69) is 5.32 Å². The van der Waals surface area contributed by atoms with Gasteiger partial charge in [0.25, 0.3) is 0 Å². The Hall–Kier alpha value is -1.55. The van der Waals surface area contributed by atoms with Crippen molar-refractivity contribution in [2.24, 2.45) is 0 Å². The minimum Gasteiger partial charge on any atom is -0.493 e. The molecule has 2 N–H and O–H groups in total. The smallest absolute Gasteiger partial charge is 0.223 e. The molecule has 1 atom stereocenters. The summed E-state index contributed by atoms with van der Waals surface area (Å²) in [5.74, 6) is 0.749. The normalized spacial score (nSPS) is 12.0. The average molecular weight is 251 g/mol. The summed E-state index contributed by atoms with van der Waals surface area (Å²) in [5, 5.41) is 12.2. The summed E-state index contributed by atoms with van der Waals surface area (Å²) in [6.45, 7) is 6.54. The number of ether oxygens (including phenoxy) is 1. The van der Waals surface area contributed by atoms with Crippen molar-refractivity contribution < 1.29 is 14.6 Å². The fourth-order valence-electron chi connectivity index (χ4n) is 1.63. The van der Waals surface area contributed by atoms with E-state index in [9.17, 15) is 9.90 Å². The Morgan fingerprint density at radius 1 is 1.50 bits per heavy atom. The van der Waals surface area contributed by atoms with Crippen LogP contribution in [0.15, 0.2) is 18.2 Å². The summed E-state index contributed by atoms with van der Waals surface area (Å²) in [5.41, 5.74) is 1.83. The lowest BCUT2D eigenvalue weighted by molar-refractivity contribution is -0.121. The number of carbonyl (C=O) groups is 1. The van der Waals surface area contributed by atoms with Gasteiger partial charge in [-0.25, -0.2) is 0 Å². The van der Waals surface area contributed by atoms with Crippen LogP contribution in [0.5, 0.6) is 5.75 Å². The Kier molecular flexibility index (Phi) is 5.65. The second-order valence-electron chi connectivity index (χ2n) is 4.25. The number of hydrogen-bond acceptors (Lipinski definition) is 3. The summed E-state index contributed by atoms with van der Waals surface area (Å²) in [6.07, 6.45) is -0.126. The Labute approximate surface area is 108 Å². The van der Waals surface area contributed by atoms with Crippen LogP contribution in [0.2, 0.25) is 0 Å². The summed E-state index contributed by atoms with van der Waals surface area (Å²) in [6, 6.07) is 5.56. The van der Waals surface area contributed by atoms with E-state index < -0.39 is 6.10 Å². The zero-order valence-electron chi connectivity index (χ0n) is 11.2. The topological polar surface area (TPSA) is 58.6 Å². The largest absolute Gasteiger partial charge is 0.493 e. The SMILES string of the molecule is CCNC(=O)CCOc1ccc([C@@H](C)O)cc1C. The predicted molar refractivity (Wildman–Crippen MR) is 70.6 cm³/mol. The van der Waals surface area contributed by atoms with Crippen molar-refractivity contribution in [2.75, 3.05) is 13.2 Å². The maximum Gasteiger partial charge on any atom is 0.223 e. The molecule has 4 heteroatoms. The van der Waals surface area contributed by atoms with Crippen LogP contribution in [0.1, 0.15) is 37.5 Å². The van der Waals surface area contributed by atoms with Crippen LogP contribution < -0.4 is 10.1 Å². The highest BCUT2D eigenvalue weighted by Crippen LogP contribution is 2.22. The van der Waals surface area contributed by atoms with Crippen molar-refractivity contribution in [1.82, 2.24) is 5.32 Å². The van der Waals surface area contributed by atoms with Crippen molar-refractivity contribution in [3.8, 4) is 5.75 Å². The first-order valence-electron chi connectivity index (χ1n) is 6.22. The van der Waals surface area contributed by atoms with E-state index in [-0.39, 0.29) is 5.91 Å². The Bertz CT molecular complexity index is 402. The second kappa shape index (κ2) is 7.01. The van der Waals surface area contributed by atoms with E-state index >= 15 is 0 Å². The van der Waals surface area contributed by atoms with Crippen LogP contribution in [-0.4, -0.2) is 24.2 Å². The maximum atomic E-state index is 11.2. The van der Waals surface area contributed by atoms with Gasteiger partial charge >= 0.3 is 0 Å². The predicted octanol–water partition coefficient (Wildman–Crippen LogP) is 1.95. The second-order valence-corrected chi connectivity index (χ2v) is 4.25. The number of nitrogens with one attached hydrogen (secondary N) is 1. The molecule has 0 spiro atoms. The fraction of sp³-hybridized carbons (Fsp3) is 0.500. The molecule has 100 valence electrons. The van der Waals surface area contributed by atoms with E-state index in [0.717, 1.165) is 16.9 Å². The Morgan fingerprint density at radius 3 is 2.78 bits per heavy atom. The molecule has 0 unspecified atom stereocenters. The zero-order valence-corrected chi connectivity index (χ0v) is 11.2. The third kappa shape index (κ3) is 4.37. The molecule has 1 aromatic carbocycles. The first-order valence-corrected chi connectivity index (χ1v) is 6.22. The molecule has 18 heavy (non-hydrogen) atoms. The number of amides is 1. The van der Waals surface area contributed by atoms with Crippen LogP contribution in [0.3, 0.4) is 0 Å². The Balaban J connectivity index is 2.50. The van der Waals surface area contributed by atoms with Crippen LogP contribution >= 0.6 is 0 Å². The lowest BCUT2D eigenvalue weighted by atomic mass is 10.1. The molecule has 0 radical (unpaired) electrons. The number of aryl methyl sites for hydroxylation is 1. The standard InChI is InChI=1S/C14H21NO3/c1-4-15-14(17)7-8-18-13-6-5-12(11(3)16)9-10(13)2/h5-6,9,11,16H,4,7-8H2,1-3H3,(H,15,17)/t11-/m1/s1. The van der Waals surface area contributed by atoms with E-state index in [1.807, 2.05) is 32.0 Å². The molecule has 1 amide bonds. The number of aliphatic hydroxyl groups excluding tert-OH is 1. The molecule has 0 saturated heterocycles. The van der Waals surface area contributed by atoms with Crippen LogP contribution in [-0.2, 0) is 4.79 Å². The molecule has 0 heterocycles. The van der Waals surface area contributed by atoms with Gasteiger partial charge in [-0.1, -0.05) is 6.07 Å². The van der Waals surface area contributed by atoms with E-state index in [1.54, 1.807) is 6.92 Å². The molecule has 0 aliphatic carbocycles. The summed E-state index contributed by atoms with van der Waals surface area (Å²) in [7, 11) is 0. The average Bonchev–Trinajstić information content (AvgIpc) is 2.31. The molecule has 0 aliphatic heterocycles. The van der Waals surface area contributed by atoms with Gasteiger partial charge in [0.05, 0.1) is 19.1 Å². The highest BCUT2D eigenvalue weighted by molar-refractivity contribution is 5.75. The van der Waals surface area contributed by atoms with Crippen molar-refractivity contribution >= 4 is 5.91 Å². The van der Waals surface area contributed by atoms with Crippen molar-refractivity contribution in [1.29, 1.82) is 0 Å². The van der Waals surface area contributed by atoms with Crippen LogP contribution in [0.25, 0.3) is 0 Å². The minimum absolute atomic E-state index is 0.00393. The molecule has 0 saturated carbocycles. The monoisotopic (exact) mass is 251 g/mol. The third-order valence-electron chi connectivity index (χ3n) is 2.64. The van der Waals surface area contributed by atoms with Crippen LogP contribution in [0.4, 0.5) is 0 Å². The van der Waals surface area contributed by atoms with Crippen molar-refractivity contribution in [2.45, 2.75) is 33.3 Å². The van der Waals surface area contributed by atoms with Gasteiger partial charge in [-0.3, -0.25) is 4.79 Å². The molecule has 0 aromatic heterocycles. The molecule has 0 bridgehead atoms. The van der Waals surface area contributed by atoms with E-state index in [1.165, 1.54) is 0 Å². The molecular formula is C14H21NO3. The van der Waals surface area contributed by atoms with Gasteiger partial charge in [0.15, 0.2) is 0 Å². The maximum absolute atomic E-state index is 11.2. The summed E-state index contributed by atoms with van der Waals surface area (Å²) < 4.78 is 5.55. The van der Waals surface area contributed by atoms with E-state index in [4.69, 9.17) is 4.74 Å². The van der Waals surface area contributed by atoms with Crippen LogP contribution in [0, 0.1) is 6.92 Å². The number of aliphatic hydroxyl groups is 1. The molecule has 1 rings (SSSR count). The highest BCUT2D eigenvalue weighted by Gasteiger charge is 2.06. The molecule has 0 fully saturated rings. The van der Waals surface area contributed by atoms with Gasteiger partial charge in [-0.2, -0.15) is 0 Å². The fourth-order valence-corrected chi connectivity index (χ4v) is 1.63. The third-order valence-corrected chi connectivity index (χ3v) is 2.64. The number of rotatable bonds is 6.